The largest absolute Gasteiger partial charge is 0.399 e. The van der Waals surface area contributed by atoms with Crippen LogP contribution in [0, 0.1) is 13.8 Å². The lowest BCUT2D eigenvalue weighted by atomic mass is 10.1. The molecule has 0 saturated heterocycles. The lowest BCUT2D eigenvalue weighted by molar-refractivity contribution is 1.04. The van der Waals surface area contributed by atoms with Gasteiger partial charge >= 0.3 is 0 Å². The molecule has 0 unspecified atom stereocenters. The van der Waals surface area contributed by atoms with Crippen molar-refractivity contribution < 1.29 is 0 Å². The third kappa shape index (κ3) is 1.62. The zero-order chi connectivity index (χ0) is 12.7. The number of hydrogen-bond acceptors (Lipinski definition) is 3. The van der Waals surface area contributed by atoms with E-state index in [1.807, 2.05) is 54.8 Å². The molecule has 2 N–H and O–H groups in total. The summed E-state index contributed by atoms with van der Waals surface area (Å²) in [7, 11) is 0. The Morgan fingerprint density at radius 3 is 2.72 bits per heavy atom. The van der Waals surface area contributed by atoms with Crippen molar-refractivity contribution >= 4 is 11.5 Å². The van der Waals surface area contributed by atoms with Gasteiger partial charge in [-0.25, -0.2) is 9.97 Å². The minimum atomic E-state index is 0.727. The highest BCUT2D eigenvalue weighted by Gasteiger charge is 2.11. The minimum Gasteiger partial charge on any atom is -0.399 e. The highest BCUT2D eigenvalue weighted by Crippen LogP contribution is 2.24. The Balaban J connectivity index is 2.27. The van der Waals surface area contributed by atoms with Crippen molar-refractivity contribution in [3.63, 3.8) is 0 Å². The zero-order valence-electron chi connectivity index (χ0n) is 10.4. The number of benzene rings is 1. The first-order valence-electron chi connectivity index (χ1n) is 5.83. The van der Waals surface area contributed by atoms with Crippen LogP contribution in [0.15, 0.2) is 36.5 Å². The summed E-state index contributed by atoms with van der Waals surface area (Å²) in [5.74, 6) is 0.727. The normalized spacial score (nSPS) is 11.0. The lowest BCUT2D eigenvalue weighted by Crippen LogP contribution is -1.91. The SMILES string of the molecule is Cc1ccn2c(C)c(-c3cccc(N)c3)nc2n1. The number of anilines is 1. The first kappa shape index (κ1) is 10.8. The summed E-state index contributed by atoms with van der Waals surface area (Å²) in [5.41, 5.74) is 10.5. The van der Waals surface area contributed by atoms with Gasteiger partial charge in [0.05, 0.1) is 5.69 Å². The van der Waals surface area contributed by atoms with Crippen LogP contribution in [-0.2, 0) is 0 Å². The molecule has 0 aliphatic carbocycles. The number of rotatable bonds is 1. The van der Waals surface area contributed by atoms with Crippen LogP contribution in [0.4, 0.5) is 5.69 Å². The van der Waals surface area contributed by atoms with Gasteiger partial charge in [-0.2, -0.15) is 0 Å². The molecule has 90 valence electrons. The smallest absolute Gasteiger partial charge is 0.234 e. The van der Waals surface area contributed by atoms with Gasteiger partial charge in [0.15, 0.2) is 0 Å². The molecular formula is C14H14N4. The van der Waals surface area contributed by atoms with E-state index in [4.69, 9.17) is 5.73 Å². The molecule has 0 fully saturated rings. The Bertz CT molecular complexity index is 728. The molecule has 0 radical (unpaired) electrons. The van der Waals surface area contributed by atoms with Gasteiger partial charge in [-0.15, -0.1) is 0 Å². The van der Waals surface area contributed by atoms with E-state index in [2.05, 4.69) is 9.97 Å². The number of fused-ring (bicyclic) bond motifs is 1. The molecule has 0 spiro atoms. The summed E-state index contributed by atoms with van der Waals surface area (Å²) < 4.78 is 1.99. The van der Waals surface area contributed by atoms with Gasteiger partial charge in [-0.3, -0.25) is 4.40 Å². The summed E-state index contributed by atoms with van der Waals surface area (Å²) in [6, 6.07) is 9.73. The van der Waals surface area contributed by atoms with Crippen LogP contribution < -0.4 is 5.73 Å². The molecule has 18 heavy (non-hydrogen) atoms. The molecular weight excluding hydrogens is 224 g/mol. The molecule has 0 bridgehead atoms. The molecule has 3 aromatic rings. The number of hydrogen-bond donors (Lipinski definition) is 1. The highest BCUT2D eigenvalue weighted by atomic mass is 15.1. The molecule has 3 rings (SSSR count). The number of imidazole rings is 1. The number of aryl methyl sites for hydroxylation is 2. The van der Waals surface area contributed by atoms with Crippen molar-refractivity contribution in [2.45, 2.75) is 13.8 Å². The Hall–Kier alpha value is -2.36. The van der Waals surface area contributed by atoms with Gasteiger partial charge in [0.25, 0.3) is 0 Å². The van der Waals surface area contributed by atoms with Crippen molar-refractivity contribution in [2.24, 2.45) is 0 Å². The van der Waals surface area contributed by atoms with E-state index in [0.717, 1.165) is 34.1 Å². The fraction of sp³-hybridized carbons (Fsp3) is 0.143. The summed E-state index contributed by atoms with van der Waals surface area (Å²) in [6.45, 7) is 4.00. The minimum absolute atomic E-state index is 0.727. The summed E-state index contributed by atoms with van der Waals surface area (Å²) >= 11 is 0. The van der Waals surface area contributed by atoms with Crippen molar-refractivity contribution in [3.05, 3.63) is 47.9 Å². The molecule has 2 aromatic heterocycles. The molecule has 0 aliphatic rings. The monoisotopic (exact) mass is 238 g/mol. The van der Waals surface area contributed by atoms with Gasteiger partial charge in [0.2, 0.25) is 5.78 Å². The second-order valence-electron chi connectivity index (χ2n) is 4.41. The van der Waals surface area contributed by atoms with E-state index in [1.165, 1.54) is 0 Å². The molecule has 0 amide bonds. The molecule has 0 aliphatic heterocycles. The quantitative estimate of drug-likeness (QED) is 0.663. The van der Waals surface area contributed by atoms with Crippen molar-refractivity contribution in [1.82, 2.24) is 14.4 Å². The van der Waals surface area contributed by atoms with E-state index < -0.39 is 0 Å². The van der Waals surface area contributed by atoms with Crippen molar-refractivity contribution in [3.8, 4) is 11.3 Å². The lowest BCUT2D eigenvalue weighted by Gasteiger charge is -2.00. The van der Waals surface area contributed by atoms with Crippen LogP contribution in [-0.4, -0.2) is 14.4 Å². The fourth-order valence-electron chi connectivity index (χ4n) is 2.09. The third-order valence-electron chi connectivity index (χ3n) is 3.03. The van der Waals surface area contributed by atoms with Crippen LogP contribution in [0.2, 0.25) is 0 Å². The Morgan fingerprint density at radius 1 is 1.11 bits per heavy atom. The van der Waals surface area contributed by atoms with E-state index in [9.17, 15) is 0 Å². The fourth-order valence-corrected chi connectivity index (χ4v) is 2.09. The second kappa shape index (κ2) is 3.84. The Labute approximate surface area is 105 Å². The predicted octanol–water partition coefficient (Wildman–Crippen LogP) is 2.60. The predicted molar refractivity (Wildman–Crippen MR) is 72.3 cm³/mol. The Morgan fingerprint density at radius 2 is 1.94 bits per heavy atom. The number of aromatic nitrogens is 3. The molecule has 0 atom stereocenters. The molecule has 2 heterocycles. The number of nitrogens with two attached hydrogens (primary N) is 1. The van der Waals surface area contributed by atoms with E-state index >= 15 is 0 Å². The molecule has 0 saturated carbocycles. The first-order valence-corrected chi connectivity index (χ1v) is 5.83. The van der Waals surface area contributed by atoms with Gasteiger partial charge < -0.3 is 5.73 Å². The van der Waals surface area contributed by atoms with E-state index in [1.54, 1.807) is 0 Å². The average Bonchev–Trinajstić information content (AvgIpc) is 2.66. The summed E-state index contributed by atoms with van der Waals surface area (Å²) in [5, 5.41) is 0. The van der Waals surface area contributed by atoms with Crippen LogP contribution in [0.5, 0.6) is 0 Å². The maximum atomic E-state index is 5.81. The van der Waals surface area contributed by atoms with Crippen LogP contribution in [0.25, 0.3) is 17.0 Å². The standard InChI is InChI=1S/C14H14N4/c1-9-6-7-18-10(2)13(17-14(18)16-9)11-4-3-5-12(15)8-11/h3-8H,15H2,1-2H3. The number of nitrogen functional groups attached to an aromatic ring is 1. The van der Waals surface area contributed by atoms with Crippen LogP contribution >= 0.6 is 0 Å². The second-order valence-corrected chi connectivity index (χ2v) is 4.41. The first-order chi connectivity index (χ1) is 8.65. The molecule has 4 nitrogen and oxygen atoms in total. The highest BCUT2D eigenvalue weighted by molar-refractivity contribution is 5.68. The van der Waals surface area contributed by atoms with E-state index in [0.29, 0.717) is 0 Å². The van der Waals surface area contributed by atoms with Crippen molar-refractivity contribution in [2.75, 3.05) is 5.73 Å². The van der Waals surface area contributed by atoms with Crippen LogP contribution in [0.3, 0.4) is 0 Å². The number of nitrogens with zero attached hydrogens (tertiary/aromatic N) is 3. The molecule has 4 heteroatoms. The van der Waals surface area contributed by atoms with E-state index in [-0.39, 0.29) is 0 Å². The maximum Gasteiger partial charge on any atom is 0.234 e. The summed E-state index contributed by atoms with van der Waals surface area (Å²) in [4.78, 5) is 9.01. The van der Waals surface area contributed by atoms with Crippen LogP contribution in [0.1, 0.15) is 11.4 Å². The summed E-state index contributed by atoms with van der Waals surface area (Å²) in [6.07, 6.45) is 2.00. The van der Waals surface area contributed by atoms with Crippen molar-refractivity contribution in [1.29, 1.82) is 0 Å². The van der Waals surface area contributed by atoms with Gasteiger partial charge in [-0.05, 0) is 32.0 Å². The topological polar surface area (TPSA) is 56.2 Å². The zero-order valence-corrected chi connectivity index (χ0v) is 10.4. The van der Waals surface area contributed by atoms with Gasteiger partial charge in [0, 0.05) is 28.8 Å². The molecule has 1 aromatic carbocycles. The van der Waals surface area contributed by atoms with Gasteiger partial charge in [0.1, 0.15) is 0 Å². The third-order valence-corrected chi connectivity index (χ3v) is 3.03. The maximum absolute atomic E-state index is 5.81. The van der Waals surface area contributed by atoms with Gasteiger partial charge in [-0.1, -0.05) is 12.1 Å². The average molecular weight is 238 g/mol. The Kier molecular flexibility index (Phi) is 2.30.